The summed E-state index contributed by atoms with van der Waals surface area (Å²) in [5, 5.41) is 10.3. The number of aromatic nitrogens is 6. The van der Waals surface area contributed by atoms with Crippen molar-refractivity contribution >= 4 is 29.3 Å². The molecule has 0 aliphatic carbocycles. The topological polar surface area (TPSA) is 75.2 Å². The van der Waals surface area contributed by atoms with Crippen molar-refractivity contribution in [2.75, 3.05) is 0 Å². The zero-order chi connectivity index (χ0) is 18.3. The summed E-state index contributed by atoms with van der Waals surface area (Å²) in [6.45, 7) is 8.24. The Labute approximate surface area is 150 Å². The molecular weight excluding hydrogens is 324 g/mol. The summed E-state index contributed by atoms with van der Waals surface area (Å²) in [5.74, 6) is 0.988. The Hall–Kier alpha value is -3.41. The summed E-state index contributed by atoms with van der Waals surface area (Å²) in [4.78, 5) is 12.0. The van der Waals surface area contributed by atoms with E-state index in [0.717, 1.165) is 50.1 Å². The lowest BCUT2D eigenvalue weighted by Gasteiger charge is -2.02. The van der Waals surface area contributed by atoms with Crippen LogP contribution in [-0.4, -0.2) is 29.7 Å². The van der Waals surface area contributed by atoms with Crippen molar-refractivity contribution in [1.82, 2.24) is 29.7 Å². The molecule has 0 aromatic carbocycles. The van der Waals surface area contributed by atoms with Crippen molar-refractivity contribution in [2.45, 2.75) is 13.8 Å². The van der Waals surface area contributed by atoms with Crippen molar-refractivity contribution in [2.24, 2.45) is 7.05 Å². The first-order chi connectivity index (χ1) is 12.5. The van der Waals surface area contributed by atoms with E-state index in [1.54, 1.807) is 6.20 Å². The number of aromatic amines is 2. The average Bonchev–Trinajstić information content (AvgIpc) is 3.31. The number of rotatable bonds is 3. The van der Waals surface area contributed by atoms with Crippen LogP contribution in [-0.2, 0) is 7.05 Å². The van der Waals surface area contributed by atoms with Gasteiger partial charge in [0.05, 0.1) is 22.9 Å². The third-order valence-electron chi connectivity index (χ3n) is 4.67. The summed E-state index contributed by atoms with van der Waals surface area (Å²) in [7, 11) is 2.01. The molecule has 130 valence electrons. The first-order valence-electron chi connectivity index (χ1n) is 8.39. The van der Waals surface area contributed by atoms with Gasteiger partial charge >= 0.3 is 0 Å². The fourth-order valence-corrected chi connectivity index (χ4v) is 2.99. The second kappa shape index (κ2) is 6.15. The molecule has 0 radical (unpaired) electrons. The zero-order valence-corrected chi connectivity index (χ0v) is 15.0. The number of imidazole rings is 1. The van der Waals surface area contributed by atoms with Crippen LogP contribution in [0.2, 0.25) is 0 Å². The number of H-pyrrole nitrogens is 2. The van der Waals surface area contributed by atoms with Crippen molar-refractivity contribution in [3.63, 3.8) is 0 Å². The van der Waals surface area contributed by atoms with Gasteiger partial charge in [0, 0.05) is 23.8 Å². The van der Waals surface area contributed by atoms with E-state index in [1.165, 1.54) is 0 Å². The molecule has 6 nitrogen and oxygen atoms in total. The second-order valence-corrected chi connectivity index (χ2v) is 6.35. The average molecular weight is 344 g/mol. The fraction of sp³-hybridized carbons (Fsp3) is 0.150. The molecule has 4 aromatic rings. The Kier molecular flexibility index (Phi) is 3.80. The zero-order valence-electron chi connectivity index (χ0n) is 15.0. The Bertz CT molecular complexity index is 1200. The van der Waals surface area contributed by atoms with Gasteiger partial charge in [0.2, 0.25) is 0 Å². The fourth-order valence-electron chi connectivity index (χ4n) is 2.99. The molecule has 4 rings (SSSR count). The molecule has 26 heavy (non-hydrogen) atoms. The van der Waals surface area contributed by atoms with Gasteiger partial charge in [-0.2, -0.15) is 5.10 Å². The van der Waals surface area contributed by atoms with Gasteiger partial charge in [-0.25, -0.2) is 9.97 Å². The van der Waals surface area contributed by atoms with Gasteiger partial charge in [-0.15, -0.1) is 0 Å². The minimum absolute atomic E-state index is 0.802. The standard InChI is InChI=1S/C20H20N6/c1-12(18-11-22-14(3)26(18)4)7-8-16-13(2)19(25-24-16)17-10-15-6-5-9-21-20(15)23-17/h5-11,24H,2H2,1,3-4H3,(H,21,23)/b12-7+,16-8+. The van der Waals surface area contributed by atoms with Crippen LogP contribution < -0.4 is 10.6 Å². The summed E-state index contributed by atoms with van der Waals surface area (Å²) in [6, 6.07) is 5.98. The third-order valence-corrected chi connectivity index (χ3v) is 4.67. The normalized spacial score (nSPS) is 13.0. The molecule has 0 amide bonds. The SMILES string of the molecule is C=c1c(-c2cc3cccnc3[nH]2)n[nH]/c1=C/C=C(\C)c1cnc(C)n1C. The Morgan fingerprint density at radius 3 is 2.88 bits per heavy atom. The molecule has 0 bridgehead atoms. The number of allylic oxidation sites excluding steroid dienone is 2. The van der Waals surface area contributed by atoms with Crippen LogP contribution >= 0.6 is 0 Å². The predicted molar refractivity (Wildman–Crippen MR) is 105 cm³/mol. The molecule has 0 atom stereocenters. The van der Waals surface area contributed by atoms with Crippen LogP contribution in [0, 0.1) is 6.92 Å². The van der Waals surface area contributed by atoms with E-state index in [9.17, 15) is 0 Å². The number of hydrogen-bond donors (Lipinski definition) is 2. The van der Waals surface area contributed by atoms with Crippen molar-refractivity contribution in [1.29, 1.82) is 0 Å². The van der Waals surface area contributed by atoms with E-state index < -0.39 is 0 Å². The quantitative estimate of drug-likeness (QED) is 0.599. The molecule has 0 unspecified atom stereocenters. The van der Waals surface area contributed by atoms with Gasteiger partial charge in [0.25, 0.3) is 0 Å². The molecule has 0 saturated carbocycles. The lowest BCUT2D eigenvalue weighted by Crippen LogP contribution is -2.21. The lowest BCUT2D eigenvalue weighted by atomic mass is 10.2. The number of nitrogens with one attached hydrogen (secondary N) is 2. The van der Waals surface area contributed by atoms with Gasteiger partial charge < -0.3 is 9.55 Å². The van der Waals surface area contributed by atoms with Crippen LogP contribution in [0.4, 0.5) is 0 Å². The van der Waals surface area contributed by atoms with Crippen LogP contribution in [0.1, 0.15) is 18.4 Å². The number of aryl methyl sites for hydroxylation is 1. The molecule has 2 N–H and O–H groups in total. The highest BCUT2D eigenvalue weighted by molar-refractivity contribution is 5.82. The van der Waals surface area contributed by atoms with E-state index in [-0.39, 0.29) is 0 Å². The first kappa shape index (κ1) is 16.1. The Morgan fingerprint density at radius 1 is 1.31 bits per heavy atom. The molecule has 0 spiro atoms. The van der Waals surface area contributed by atoms with E-state index in [2.05, 4.69) is 49.3 Å². The second-order valence-electron chi connectivity index (χ2n) is 6.35. The maximum absolute atomic E-state index is 4.43. The number of hydrogen-bond acceptors (Lipinski definition) is 3. The molecular formula is C20H20N6. The number of pyridine rings is 1. The maximum atomic E-state index is 4.43. The van der Waals surface area contributed by atoms with Gasteiger partial charge in [0.15, 0.2) is 0 Å². The Balaban J connectivity index is 1.73. The molecule has 6 heteroatoms. The van der Waals surface area contributed by atoms with Gasteiger partial charge in [0.1, 0.15) is 17.2 Å². The highest BCUT2D eigenvalue weighted by atomic mass is 15.1. The summed E-state index contributed by atoms with van der Waals surface area (Å²) < 4.78 is 2.07. The van der Waals surface area contributed by atoms with E-state index >= 15 is 0 Å². The first-order valence-corrected chi connectivity index (χ1v) is 8.39. The number of fused-ring (bicyclic) bond motifs is 1. The smallest absolute Gasteiger partial charge is 0.137 e. The molecule has 4 heterocycles. The highest BCUT2D eigenvalue weighted by Crippen LogP contribution is 2.18. The monoisotopic (exact) mass is 344 g/mol. The van der Waals surface area contributed by atoms with Gasteiger partial charge in [-0.1, -0.05) is 12.7 Å². The van der Waals surface area contributed by atoms with E-state index in [1.807, 2.05) is 44.4 Å². The molecule has 0 fully saturated rings. The van der Waals surface area contributed by atoms with E-state index in [4.69, 9.17) is 0 Å². The summed E-state index contributed by atoms with van der Waals surface area (Å²) in [6.07, 6.45) is 7.70. The van der Waals surface area contributed by atoms with Crippen LogP contribution in [0.25, 0.3) is 40.6 Å². The van der Waals surface area contributed by atoms with Crippen LogP contribution in [0.3, 0.4) is 0 Å². The minimum atomic E-state index is 0.802. The third kappa shape index (κ3) is 2.65. The number of nitrogens with zero attached hydrogens (tertiary/aromatic N) is 4. The van der Waals surface area contributed by atoms with Gasteiger partial charge in [-0.05, 0) is 43.7 Å². The largest absolute Gasteiger partial charge is 0.338 e. The lowest BCUT2D eigenvalue weighted by molar-refractivity contribution is 0.845. The van der Waals surface area contributed by atoms with Crippen LogP contribution in [0.15, 0.2) is 36.7 Å². The maximum Gasteiger partial charge on any atom is 0.137 e. The predicted octanol–water partition coefficient (Wildman–Crippen LogP) is 2.29. The van der Waals surface area contributed by atoms with Gasteiger partial charge in [-0.3, -0.25) is 5.10 Å². The summed E-state index contributed by atoms with van der Waals surface area (Å²) in [5.41, 5.74) is 4.77. The highest BCUT2D eigenvalue weighted by Gasteiger charge is 2.08. The van der Waals surface area contributed by atoms with Crippen molar-refractivity contribution < 1.29 is 0 Å². The van der Waals surface area contributed by atoms with E-state index in [0.29, 0.717) is 0 Å². The molecule has 0 aliphatic heterocycles. The molecule has 0 saturated heterocycles. The molecule has 0 aliphatic rings. The van der Waals surface area contributed by atoms with Crippen LogP contribution in [0.5, 0.6) is 0 Å². The summed E-state index contributed by atoms with van der Waals surface area (Å²) >= 11 is 0. The van der Waals surface area contributed by atoms with Crippen molar-refractivity contribution in [3.8, 4) is 11.4 Å². The molecule has 4 aromatic heterocycles. The van der Waals surface area contributed by atoms with Crippen molar-refractivity contribution in [3.05, 3.63) is 58.8 Å². The minimum Gasteiger partial charge on any atom is -0.338 e. The Morgan fingerprint density at radius 2 is 2.15 bits per heavy atom.